The molecule has 0 fully saturated rings. The number of hydrogen-bond acceptors (Lipinski definition) is 26. The van der Waals surface area contributed by atoms with Crippen molar-refractivity contribution in [3.05, 3.63) is 101 Å². The monoisotopic (exact) mass is 1300 g/mol. The van der Waals surface area contributed by atoms with Crippen LogP contribution in [0.4, 0.5) is 0 Å². The van der Waals surface area contributed by atoms with Crippen LogP contribution in [0, 0.1) is 21.7 Å². The summed E-state index contributed by atoms with van der Waals surface area (Å²) in [5.41, 5.74) is -4.47. The molecule has 0 saturated carbocycles. The lowest BCUT2D eigenvalue weighted by atomic mass is 9.88. The summed E-state index contributed by atoms with van der Waals surface area (Å²) in [5, 5.41) is 0. The van der Waals surface area contributed by atoms with Crippen LogP contribution in [0.2, 0.25) is 0 Å². The summed E-state index contributed by atoms with van der Waals surface area (Å²) < 4.78 is 64.9. The normalized spacial score (nSPS) is 11.2. The summed E-state index contributed by atoms with van der Waals surface area (Å²) in [7, 11) is 0. The Labute approximate surface area is 540 Å². The maximum absolute atomic E-state index is 13.4. The molecule has 0 radical (unpaired) electrons. The lowest BCUT2D eigenvalue weighted by Gasteiger charge is -2.31. The molecular formula is C66H96N2O24. The smallest absolute Gasteiger partial charge is 0.330 e. The SMILES string of the molecule is C=CC(=O)OCC(CC)(COC(=O)C=C)COC(=O)CCN(CCCCCCN(CCC(=O)OCC(CC)(COC(=O)C=C)COC(=O)C=C)CCC(=O)OCC(CC)(COC(=O)C=C)COC(=O)C=C)CCC(=O)OCC(CC)(COC(=O)C=C)COC(=O)C=C. The fraction of sp³-hybridized carbons (Fsp3) is 0.576. The fourth-order valence-electron chi connectivity index (χ4n) is 7.91. The lowest BCUT2D eigenvalue weighted by molar-refractivity contribution is -0.161. The van der Waals surface area contributed by atoms with Crippen LogP contribution < -0.4 is 0 Å². The first-order valence-corrected chi connectivity index (χ1v) is 30.2. The van der Waals surface area contributed by atoms with Crippen molar-refractivity contribution in [1.29, 1.82) is 0 Å². The first-order chi connectivity index (χ1) is 43.8. The number of unbranched alkanes of at least 4 members (excludes halogenated alkanes) is 3. The minimum absolute atomic E-state index is 0.106. The summed E-state index contributed by atoms with van der Waals surface area (Å²) in [4.78, 5) is 154. The Bertz CT molecular complexity index is 2080. The second-order valence-electron chi connectivity index (χ2n) is 21.6. The van der Waals surface area contributed by atoms with Gasteiger partial charge in [0, 0.05) is 74.8 Å². The van der Waals surface area contributed by atoms with Crippen LogP contribution in [-0.2, 0) is 114 Å². The van der Waals surface area contributed by atoms with Crippen LogP contribution in [0.3, 0.4) is 0 Å². The van der Waals surface area contributed by atoms with Gasteiger partial charge in [0.15, 0.2) is 0 Å². The van der Waals surface area contributed by atoms with E-state index in [2.05, 4.69) is 52.6 Å². The Hall–Kier alpha value is -8.52. The molecule has 26 nitrogen and oxygen atoms in total. The van der Waals surface area contributed by atoms with Crippen molar-refractivity contribution in [3.8, 4) is 0 Å². The van der Waals surface area contributed by atoms with Gasteiger partial charge in [0.2, 0.25) is 0 Å². The number of carbonyl (C=O) groups is 12. The van der Waals surface area contributed by atoms with Crippen molar-refractivity contribution in [3.63, 3.8) is 0 Å². The molecule has 26 heteroatoms. The van der Waals surface area contributed by atoms with Gasteiger partial charge >= 0.3 is 71.6 Å². The van der Waals surface area contributed by atoms with Crippen LogP contribution in [-0.4, -0.2) is 200 Å². The van der Waals surface area contributed by atoms with E-state index in [9.17, 15) is 57.5 Å². The molecule has 0 atom stereocenters. The molecule has 0 aromatic heterocycles. The van der Waals surface area contributed by atoms with Crippen molar-refractivity contribution in [1.82, 2.24) is 9.80 Å². The van der Waals surface area contributed by atoms with Gasteiger partial charge in [-0.15, -0.1) is 0 Å². The minimum Gasteiger partial charge on any atom is -0.465 e. The summed E-state index contributed by atoms with van der Waals surface area (Å²) in [5.74, 6) is -8.51. The third-order valence-corrected chi connectivity index (χ3v) is 14.9. The van der Waals surface area contributed by atoms with Crippen LogP contribution in [0.5, 0.6) is 0 Å². The van der Waals surface area contributed by atoms with E-state index in [1.807, 2.05) is 9.80 Å². The van der Waals surface area contributed by atoms with Crippen molar-refractivity contribution >= 4 is 71.6 Å². The van der Waals surface area contributed by atoms with E-state index in [1.165, 1.54) is 0 Å². The maximum atomic E-state index is 13.4. The van der Waals surface area contributed by atoms with Crippen molar-refractivity contribution in [2.24, 2.45) is 21.7 Å². The van der Waals surface area contributed by atoms with Crippen LogP contribution in [0.25, 0.3) is 0 Å². The molecule has 0 spiro atoms. The molecule has 92 heavy (non-hydrogen) atoms. The van der Waals surface area contributed by atoms with E-state index in [1.54, 1.807) is 27.7 Å². The second-order valence-corrected chi connectivity index (χ2v) is 21.6. The number of carbonyl (C=O) groups excluding carboxylic acids is 12. The molecule has 0 aliphatic heterocycles. The molecule has 0 aromatic carbocycles. The van der Waals surface area contributed by atoms with Crippen molar-refractivity contribution < 1.29 is 114 Å². The number of rotatable bonds is 55. The second kappa shape index (κ2) is 47.4. The molecule has 0 N–H and O–H groups in total. The molecule has 0 rings (SSSR count). The molecule has 514 valence electrons. The Balaban J connectivity index is 6.64. The Morgan fingerprint density at radius 2 is 0.402 bits per heavy atom. The molecule has 0 aromatic rings. The lowest BCUT2D eigenvalue weighted by Crippen LogP contribution is -2.39. The van der Waals surface area contributed by atoms with Gasteiger partial charge in [0.1, 0.15) is 79.3 Å². The minimum atomic E-state index is -1.12. The number of hydrogen-bond donors (Lipinski definition) is 0. The molecule has 0 bridgehead atoms. The number of esters is 12. The van der Waals surface area contributed by atoms with Gasteiger partial charge in [-0.25, -0.2) is 38.4 Å². The van der Waals surface area contributed by atoms with E-state index in [-0.39, 0.29) is 157 Å². The summed E-state index contributed by atoms with van der Waals surface area (Å²) in [6, 6.07) is 0. The van der Waals surface area contributed by atoms with Gasteiger partial charge in [0.25, 0.3) is 0 Å². The third kappa shape index (κ3) is 36.4. The molecule has 0 saturated heterocycles. The Kier molecular flexibility index (Phi) is 43.0. The highest BCUT2D eigenvalue weighted by molar-refractivity contribution is 5.84. The first-order valence-electron chi connectivity index (χ1n) is 30.2. The van der Waals surface area contributed by atoms with Gasteiger partial charge in [-0.05, 0) is 51.6 Å². The highest BCUT2D eigenvalue weighted by atomic mass is 16.6. The van der Waals surface area contributed by atoms with Crippen LogP contribution >= 0.6 is 0 Å². The Morgan fingerprint density at radius 1 is 0.250 bits per heavy atom. The zero-order chi connectivity index (χ0) is 69.4. The van der Waals surface area contributed by atoms with E-state index in [0.717, 1.165) is 48.6 Å². The number of nitrogens with zero attached hydrogens (tertiary/aromatic N) is 2. The Morgan fingerprint density at radius 3 is 0.543 bits per heavy atom. The van der Waals surface area contributed by atoms with Gasteiger partial charge in [-0.3, -0.25) is 19.2 Å². The maximum Gasteiger partial charge on any atom is 0.330 e. The van der Waals surface area contributed by atoms with E-state index >= 15 is 0 Å². The molecule has 0 aliphatic rings. The summed E-state index contributed by atoms with van der Waals surface area (Å²) >= 11 is 0. The highest BCUT2D eigenvalue weighted by Crippen LogP contribution is 2.29. The standard InChI is InChI=1S/C66H96N2O24/c1-13-51(69)81-39-63(21-9,40-82-52(70)14-2)47-89-59(77)29-35-67(36-30-60(78)90-48-64(22-10,41-83-53(71)15-3)42-84-54(72)16-4)33-27-25-26-28-34-68(37-31-61(79)91-49-65(23-11,43-85-55(73)17-5)44-86-56(74)18-6)38-32-62(80)92-50-66(24-12,45-87-57(75)19-7)46-88-58(76)20-8/h13-20H,1-8,21-50H2,9-12H3. The summed E-state index contributed by atoms with van der Waals surface area (Å²) in [6.45, 7) is 32.0. The average molecular weight is 1300 g/mol. The average Bonchev–Trinajstić information content (AvgIpc) is 1.08. The van der Waals surface area contributed by atoms with Crippen molar-refractivity contribution in [2.45, 2.75) is 105 Å². The highest BCUT2D eigenvalue weighted by Gasteiger charge is 2.38. The largest absolute Gasteiger partial charge is 0.465 e. The molecule has 0 unspecified atom stereocenters. The van der Waals surface area contributed by atoms with E-state index < -0.39 is 93.3 Å². The zero-order valence-electron chi connectivity index (χ0n) is 54.2. The topological polar surface area (TPSA) is 322 Å². The van der Waals surface area contributed by atoms with E-state index in [4.69, 9.17) is 56.8 Å². The predicted octanol–water partition coefficient (Wildman–Crippen LogP) is 6.30. The van der Waals surface area contributed by atoms with Gasteiger partial charge < -0.3 is 66.6 Å². The third-order valence-electron chi connectivity index (χ3n) is 14.9. The van der Waals surface area contributed by atoms with Crippen LogP contribution in [0.1, 0.15) is 105 Å². The molecule has 0 amide bonds. The van der Waals surface area contributed by atoms with Gasteiger partial charge in [0.05, 0.1) is 47.3 Å². The quantitative estimate of drug-likeness (QED) is 0.0279. The first kappa shape index (κ1) is 83.5. The van der Waals surface area contributed by atoms with Gasteiger partial charge in [-0.2, -0.15) is 0 Å². The van der Waals surface area contributed by atoms with E-state index in [0.29, 0.717) is 38.8 Å². The van der Waals surface area contributed by atoms with Crippen LogP contribution in [0.15, 0.2) is 101 Å². The predicted molar refractivity (Wildman–Crippen MR) is 334 cm³/mol. The number of ether oxygens (including phenoxy) is 12. The van der Waals surface area contributed by atoms with Crippen molar-refractivity contribution in [2.75, 3.05) is 119 Å². The molecule has 0 aliphatic carbocycles. The van der Waals surface area contributed by atoms with Gasteiger partial charge in [-0.1, -0.05) is 93.2 Å². The molecule has 0 heterocycles. The summed E-state index contributed by atoms with van der Waals surface area (Å²) in [6.07, 6.45) is 10.5. The fourth-order valence-corrected chi connectivity index (χ4v) is 7.91. The zero-order valence-corrected chi connectivity index (χ0v) is 54.2. The molecular weight excluding hydrogens is 1200 g/mol.